The number of rotatable bonds is 7. The molecule has 2 atom stereocenters. The molecule has 192 valence electrons. The summed E-state index contributed by atoms with van der Waals surface area (Å²) < 4.78 is 11.5. The van der Waals surface area contributed by atoms with Gasteiger partial charge in [-0.1, -0.05) is 78.9 Å². The van der Waals surface area contributed by atoms with Crippen LogP contribution in [0.3, 0.4) is 0 Å². The SMILES string of the molecule is C=C[C@@H](c1ccccc1)[C@](C)(C(=O)N1Cc2ccccc2-c2ccccc21)N1CCC(OC)(OC)CC1. The molecule has 0 radical (unpaired) electrons. The van der Waals surface area contributed by atoms with Gasteiger partial charge >= 0.3 is 0 Å². The molecule has 3 aromatic carbocycles. The quantitative estimate of drug-likeness (QED) is 0.297. The fraction of sp³-hybridized carbons (Fsp3) is 0.344. The van der Waals surface area contributed by atoms with Crippen molar-refractivity contribution in [2.75, 3.05) is 32.2 Å². The van der Waals surface area contributed by atoms with Gasteiger partial charge in [-0.25, -0.2) is 0 Å². The number of methoxy groups -OCH3 is 2. The van der Waals surface area contributed by atoms with E-state index in [0.717, 1.165) is 22.4 Å². The van der Waals surface area contributed by atoms with E-state index < -0.39 is 11.3 Å². The van der Waals surface area contributed by atoms with Crippen LogP contribution in [-0.2, 0) is 20.8 Å². The minimum absolute atomic E-state index is 0.0746. The average Bonchev–Trinajstić information content (AvgIpc) is 2.97. The van der Waals surface area contributed by atoms with Gasteiger partial charge in [-0.3, -0.25) is 9.69 Å². The van der Waals surface area contributed by atoms with Crippen molar-refractivity contribution in [1.29, 1.82) is 0 Å². The van der Waals surface area contributed by atoms with Crippen molar-refractivity contribution < 1.29 is 14.3 Å². The van der Waals surface area contributed by atoms with Crippen molar-refractivity contribution in [3.8, 4) is 11.1 Å². The lowest BCUT2D eigenvalue weighted by atomic mass is 9.76. The van der Waals surface area contributed by atoms with Crippen LogP contribution in [0.15, 0.2) is 91.5 Å². The summed E-state index contributed by atoms with van der Waals surface area (Å²) >= 11 is 0. The summed E-state index contributed by atoms with van der Waals surface area (Å²) in [6, 6.07) is 26.8. The Morgan fingerprint density at radius 3 is 2.16 bits per heavy atom. The minimum Gasteiger partial charge on any atom is -0.353 e. The molecule has 0 saturated carbocycles. The van der Waals surface area contributed by atoms with Gasteiger partial charge in [0, 0.05) is 51.6 Å². The summed E-state index contributed by atoms with van der Waals surface area (Å²) in [4.78, 5) is 19.2. The molecule has 0 unspecified atom stereocenters. The number of para-hydroxylation sites is 1. The van der Waals surface area contributed by atoms with Crippen LogP contribution in [0.1, 0.15) is 36.8 Å². The first-order valence-electron chi connectivity index (χ1n) is 13.0. The molecule has 5 nitrogen and oxygen atoms in total. The third-order valence-corrected chi connectivity index (χ3v) is 8.44. The van der Waals surface area contributed by atoms with Crippen molar-refractivity contribution in [1.82, 2.24) is 4.90 Å². The van der Waals surface area contributed by atoms with Crippen LogP contribution >= 0.6 is 0 Å². The number of benzene rings is 3. The van der Waals surface area contributed by atoms with Gasteiger partial charge in [0.1, 0.15) is 5.54 Å². The second-order valence-electron chi connectivity index (χ2n) is 10.1. The van der Waals surface area contributed by atoms with E-state index in [1.807, 2.05) is 47.4 Å². The number of hydrogen-bond acceptors (Lipinski definition) is 4. The number of amides is 1. The second-order valence-corrected chi connectivity index (χ2v) is 10.1. The van der Waals surface area contributed by atoms with E-state index in [0.29, 0.717) is 32.5 Å². The highest BCUT2D eigenvalue weighted by molar-refractivity contribution is 6.05. The summed E-state index contributed by atoms with van der Waals surface area (Å²) in [6.45, 7) is 8.19. The van der Waals surface area contributed by atoms with Crippen molar-refractivity contribution in [2.45, 2.75) is 43.6 Å². The molecule has 0 aliphatic carbocycles. The van der Waals surface area contributed by atoms with Crippen molar-refractivity contribution in [3.05, 3.63) is 103 Å². The van der Waals surface area contributed by atoms with E-state index in [-0.39, 0.29) is 11.8 Å². The highest BCUT2D eigenvalue weighted by atomic mass is 16.7. The molecule has 2 aliphatic heterocycles. The molecule has 1 fully saturated rings. The molecule has 0 N–H and O–H groups in total. The minimum atomic E-state index is -0.865. The lowest BCUT2D eigenvalue weighted by molar-refractivity contribution is -0.234. The largest absolute Gasteiger partial charge is 0.353 e. The van der Waals surface area contributed by atoms with Gasteiger partial charge < -0.3 is 14.4 Å². The Labute approximate surface area is 220 Å². The van der Waals surface area contributed by atoms with E-state index in [9.17, 15) is 4.79 Å². The molecule has 0 aromatic heterocycles. The maximum Gasteiger partial charge on any atom is 0.248 e. The van der Waals surface area contributed by atoms with Gasteiger partial charge in [-0.05, 0) is 29.7 Å². The lowest BCUT2D eigenvalue weighted by Crippen LogP contribution is -2.64. The molecule has 1 saturated heterocycles. The first-order valence-corrected chi connectivity index (χ1v) is 13.0. The number of anilines is 1. The Hall–Kier alpha value is -3.25. The smallest absolute Gasteiger partial charge is 0.248 e. The average molecular weight is 497 g/mol. The number of carbonyl (C=O) groups excluding carboxylic acids is 1. The Morgan fingerprint density at radius 1 is 0.919 bits per heavy atom. The lowest BCUT2D eigenvalue weighted by Gasteiger charge is -2.51. The number of carbonyl (C=O) groups is 1. The van der Waals surface area contributed by atoms with Crippen molar-refractivity contribution >= 4 is 11.6 Å². The van der Waals surface area contributed by atoms with Gasteiger partial charge in [0.25, 0.3) is 0 Å². The maximum atomic E-state index is 14.9. The Kier molecular flexibility index (Phi) is 7.04. The second kappa shape index (κ2) is 10.3. The predicted octanol–water partition coefficient (Wildman–Crippen LogP) is 6.01. The zero-order chi connectivity index (χ0) is 26.0. The fourth-order valence-corrected chi connectivity index (χ4v) is 6.19. The molecular formula is C32H36N2O3. The van der Waals surface area contributed by atoms with E-state index >= 15 is 0 Å². The molecule has 2 aliphatic rings. The van der Waals surface area contributed by atoms with Crippen LogP contribution < -0.4 is 4.90 Å². The number of nitrogens with zero attached hydrogens (tertiary/aromatic N) is 2. The molecule has 5 rings (SSSR count). The molecule has 5 heteroatoms. The number of piperidine rings is 1. The van der Waals surface area contributed by atoms with E-state index in [4.69, 9.17) is 9.47 Å². The van der Waals surface area contributed by atoms with Crippen molar-refractivity contribution in [3.63, 3.8) is 0 Å². The highest BCUT2D eigenvalue weighted by Crippen LogP contribution is 2.44. The zero-order valence-electron chi connectivity index (χ0n) is 22.0. The summed E-state index contributed by atoms with van der Waals surface area (Å²) in [5.41, 5.74) is 4.60. The van der Waals surface area contributed by atoms with Gasteiger partial charge in [0.2, 0.25) is 5.91 Å². The molecule has 1 amide bonds. The normalized spacial score (nSPS) is 19.3. The van der Waals surface area contributed by atoms with Crippen LogP contribution in [0.25, 0.3) is 11.1 Å². The van der Waals surface area contributed by atoms with Gasteiger partial charge in [0.05, 0.1) is 12.2 Å². The Bertz CT molecular complexity index is 1260. The van der Waals surface area contributed by atoms with Gasteiger partial charge in [-0.15, -0.1) is 6.58 Å². The topological polar surface area (TPSA) is 42.0 Å². The summed E-state index contributed by atoms with van der Waals surface area (Å²) in [7, 11) is 3.39. The van der Waals surface area contributed by atoms with E-state index in [1.165, 1.54) is 5.56 Å². The van der Waals surface area contributed by atoms with Gasteiger partial charge in [-0.2, -0.15) is 0 Å². The molecule has 3 aromatic rings. The first-order chi connectivity index (χ1) is 18.0. The van der Waals surface area contributed by atoms with Gasteiger partial charge in [0.15, 0.2) is 5.79 Å². The number of likely N-dealkylation sites (tertiary alicyclic amines) is 1. The van der Waals surface area contributed by atoms with E-state index in [1.54, 1.807) is 14.2 Å². The van der Waals surface area contributed by atoms with Crippen LogP contribution in [0.4, 0.5) is 5.69 Å². The van der Waals surface area contributed by atoms with Crippen LogP contribution in [0, 0.1) is 0 Å². The fourth-order valence-electron chi connectivity index (χ4n) is 6.19. The Morgan fingerprint density at radius 2 is 1.51 bits per heavy atom. The molecular weight excluding hydrogens is 460 g/mol. The third-order valence-electron chi connectivity index (χ3n) is 8.44. The standard InChI is InChI=1S/C32H36N2O3/c1-5-28(24-13-7-6-8-14-24)31(2,33-21-19-32(36-3,37-4)20-22-33)30(35)34-23-25-15-9-10-16-26(25)27-17-11-12-18-29(27)34/h5-18,28H,1,19-23H2,2-4H3/t28-,31+/m0/s1. The third kappa shape index (κ3) is 4.31. The van der Waals surface area contributed by atoms with Crippen molar-refractivity contribution in [2.24, 2.45) is 0 Å². The number of fused-ring (bicyclic) bond motifs is 3. The van der Waals surface area contributed by atoms with E-state index in [2.05, 4.69) is 60.9 Å². The molecule has 37 heavy (non-hydrogen) atoms. The predicted molar refractivity (Wildman–Crippen MR) is 148 cm³/mol. The Balaban J connectivity index is 1.60. The number of hydrogen-bond donors (Lipinski definition) is 0. The zero-order valence-corrected chi connectivity index (χ0v) is 22.0. The summed E-state index contributed by atoms with van der Waals surface area (Å²) in [6.07, 6.45) is 3.30. The highest BCUT2D eigenvalue weighted by Gasteiger charge is 2.51. The summed E-state index contributed by atoms with van der Waals surface area (Å²) in [5, 5.41) is 0. The monoisotopic (exact) mass is 496 g/mol. The molecule has 0 bridgehead atoms. The first kappa shape index (κ1) is 25.4. The molecule has 0 spiro atoms. The maximum absolute atomic E-state index is 14.9. The molecule has 2 heterocycles. The summed E-state index contributed by atoms with van der Waals surface area (Å²) in [5.74, 6) is -0.748. The number of ether oxygens (including phenoxy) is 2. The van der Waals surface area contributed by atoms with Crippen LogP contribution in [0.2, 0.25) is 0 Å². The van der Waals surface area contributed by atoms with Crippen LogP contribution in [0.5, 0.6) is 0 Å². The van der Waals surface area contributed by atoms with Crippen LogP contribution in [-0.4, -0.2) is 49.4 Å².